The first-order valence-electron chi connectivity index (χ1n) is 14.2. The van der Waals surface area contributed by atoms with Gasteiger partial charge in [0.25, 0.3) is 0 Å². The lowest BCUT2D eigenvalue weighted by Crippen LogP contribution is -2.31. The molecule has 254 valence electrons. The van der Waals surface area contributed by atoms with Crippen molar-refractivity contribution >= 4 is 6.09 Å². The van der Waals surface area contributed by atoms with Crippen LogP contribution in [0.2, 0.25) is 0 Å². The normalized spacial score (nSPS) is 17.1. The molecule has 0 unspecified atom stereocenters. The molecule has 1 heterocycles. The molecular weight excluding hydrogens is 657 g/mol. The van der Waals surface area contributed by atoms with Crippen molar-refractivity contribution in [2.24, 2.45) is 0 Å². The maximum atomic E-state index is 13.9. The molecule has 0 bridgehead atoms. The van der Waals surface area contributed by atoms with Gasteiger partial charge in [0.05, 0.1) is 36.4 Å². The molecule has 1 N–H and O–H groups in total. The van der Waals surface area contributed by atoms with Gasteiger partial charge < -0.3 is 14.6 Å². The second-order valence-corrected chi connectivity index (χ2v) is 11.3. The van der Waals surface area contributed by atoms with Crippen molar-refractivity contribution in [2.75, 3.05) is 7.11 Å². The van der Waals surface area contributed by atoms with E-state index < -0.39 is 64.8 Å². The number of hydrogen-bond donors (Lipinski definition) is 1. The molecule has 0 radical (unpaired) electrons. The van der Waals surface area contributed by atoms with E-state index in [4.69, 9.17) is 9.47 Å². The third kappa shape index (κ3) is 6.87. The number of halogens is 9. The number of cyclic esters (lactones) is 1. The Labute approximate surface area is 268 Å². The molecular formula is C34H26F9NO4. The second-order valence-electron chi connectivity index (χ2n) is 11.3. The van der Waals surface area contributed by atoms with E-state index in [1.807, 2.05) is 0 Å². The zero-order valence-electron chi connectivity index (χ0n) is 25.3. The number of nitrogens with zero attached hydrogens (tertiary/aromatic N) is 1. The number of methoxy groups -OCH3 is 1. The van der Waals surface area contributed by atoms with Crippen molar-refractivity contribution in [2.45, 2.75) is 51.1 Å². The number of hydrogen-bond acceptors (Lipinski definition) is 4. The van der Waals surface area contributed by atoms with Gasteiger partial charge in [-0.15, -0.1) is 0 Å². The van der Waals surface area contributed by atoms with E-state index in [9.17, 15) is 49.4 Å². The fourth-order valence-corrected chi connectivity index (χ4v) is 5.71. The van der Waals surface area contributed by atoms with Crippen LogP contribution >= 0.6 is 0 Å². The zero-order valence-corrected chi connectivity index (χ0v) is 25.3. The maximum Gasteiger partial charge on any atom is 0.417 e. The van der Waals surface area contributed by atoms with Crippen molar-refractivity contribution in [1.82, 2.24) is 4.90 Å². The van der Waals surface area contributed by atoms with E-state index in [1.165, 1.54) is 32.2 Å². The largest absolute Gasteiger partial charge is 0.508 e. The molecule has 2 atom stereocenters. The van der Waals surface area contributed by atoms with Crippen molar-refractivity contribution in [1.29, 1.82) is 0 Å². The minimum atomic E-state index is -5.10. The second kappa shape index (κ2) is 12.3. The predicted molar refractivity (Wildman–Crippen MR) is 156 cm³/mol. The Morgan fingerprint density at radius 2 is 1.40 bits per heavy atom. The van der Waals surface area contributed by atoms with Gasteiger partial charge in [0.15, 0.2) is 0 Å². The summed E-state index contributed by atoms with van der Waals surface area (Å²) in [6.45, 7) is 2.94. The van der Waals surface area contributed by atoms with Gasteiger partial charge in [-0.2, -0.15) is 39.5 Å². The van der Waals surface area contributed by atoms with Crippen LogP contribution in [0.4, 0.5) is 44.3 Å². The Balaban J connectivity index is 1.56. The highest BCUT2D eigenvalue weighted by Crippen LogP contribution is 2.44. The number of carbonyl (C=O) groups is 1. The van der Waals surface area contributed by atoms with Crippen LogP contribution in [0, 0.1) is 6.92 Å². The molecule has 0 aliphatic carbocycles. The number of phenolic OH excluding ortho intramolecular Hbond substituents is 1. The minimum Gasteiger partial charge on any atom is -0.508 e. The number of rotatable bonds is 6. The van der Waals surface area contributed by atoms with Gasteiger partial charge in [-0.25, -0.2) is 4.79 Å². The summed E-state index contributed by atoms with van der Waals surface area (Å²) in [5, 5.41) is 9.73. The fourth-order valence-electron chi connectivity index (χ4n) is 5.71. The first-order valence-corrected chi connectivity index (χ1v) is 14.2. The molecule has 1 saturated heterocycles. The van der Waals surface area contributed by atoms with Crippen LogP contribution in [0.3, 0.4) is 0 Å². The number of ether oxygens (including phenoxy) is 2. The smallest absolute Gasteiger partial charge is 0.417 e. The van der Waals surface area contributed by atoms with Gasteiger partial charge in [0, 0.05) is 5.56 Å². The molecule has 4 aromatic carbocycles. The highest BCUT2D eigenvalue weighted by molar-refractivity contribution is 5.81. The Morgan fingerprint density at radius 3 is 1.98 bits per heavy atom. The highest BCUT2D eigenvalue weighted by Gasteiger charge is 2.43. The summed E-state index contributed by atoms with van der Waals surface area (Å²) in [4.78, 5) is 14.2. The van der Waals surface area contributed by atoms with E-state index in [0.29, 0.717) is 40.5 Å². The maximum absolute atomic E-state index is 13.9. The average Bonchev–Trinajstić information content (AvgIpc) is 3.28. The van der Waals surface area contributed by atoms with Crippen molar-refractivity contribution in [3.63, 3.8) is 0 Å². The van der Waals surface area contributed by atoms with Crippen LogP contribution < -0.4 is 4.74 Å². The summed E-state index contributed by atoms with van der Waals surface area (Å²) < 4.78 is 134. The quantitative estimate of drug-likeness (QED) is 0.206. The van der Waals surface area contributed by atoms with Crippen molar-refractivity contribution < 1.29 is 58.9 Å². The molecule has 14 heteroatoms. The van der Waals surface area contributed by atoms with E-state index >= 15 is 0 Å². The van der Waals surface area contributed by atoms with Gasteiger partial charge in [-0.05, 0) is 84.1 Å². The van der Waals surface area contributed by atoms with Gasteiger partial charge >= 0.3 is 24.6 Å². The molecule has 1 amide bonds. The lowest BCUT2D eigenvalue weighted by molar-refractivity contribution is -0.143. The van der Waals surface area contributed by atoms with Gasteiger partial charge in [-0.1, -0.05) is 35.9 Å². The topological polar surface area (TPSA) is 59.0 Å². The number of phenols is 1. The lowest BCUT2D eigenvalue weighted by Gasteiger charge is -2.24. The molecule has 4 aromatic rings. The van der Waals surface area contributed by atoms with Crippen LogP contribution in [0.25, 0.3) is 22.3 Å². The van der Waals surface area contributed by atoms with E-state index in [-0.39, 0.29) is 29.5 Å². The molecule has 5 rings (SSSR count). The number of aromatic hydroxyl groups is 1. The number of carbonyl (C=O) groups excluding carboxylic acids is 1. The Kier molecular flexibility index (Phi) is 8.82. The summed E-state index contributed by atoms with van der Waals surface area (Å²) in [6.07, 6.45) is -17.5. The van der Waals surface area contributed by atoms with E-state index in [0.717, 1.165) is 17.0 Å². The number of amides is 1. The zero-order chi connectivity index (χ0) is 35.3. The van der Waals surface area contributed by atoms with Gasteiger partial charge in [-0.3, -0.25) is 4.90 Å². The predicted octanol–water partition coefficient (Wildman–Crippen LogP) is 10.2. The Bertz CT molecular complexity index is 1830. The summed E-state index contributed by atoms with van der Waals surface area (Å²) in [5.41, 5.74) is -2.86. The molecule has 0 aromatic heterocycles. The summed E-state index contributed by atoms with van der Waals surface area (Å²) in [5.74, 6) is -0.319. The molecule has 5 nitrogen and oxygen atoms in total. The third-order valence-corrected chi connectivity index (χ3v) is 8.04. The van der Waals surface area contributed by atoms with Crippen LogP contribution in [0.15, 0.2) is 72.8 Å². The SMILES string of the molecule is COc1ccc(-c2ccc(O)cc2C(F)(F)F)cc1-c1ccc(C)cc1CN1C(=O)O[C@H](c2cc(C(F)(F)F)cc(C(F)(F)F)c2)[C@@H]1C. The lowest BCUT2D eigenvalue weighted by atomic mass is 9.91. The number of benzene rings is 4. The van der Waals surface area contributed by atoms with Crippen molar-refractivity contribution in [3.05, 3.63) is 106 Å². The van der Waals surface area contributed by atoms with Crippen LogP contribution in [0.1, 0.15) is 46.4 Å². The molecule has 0 saturated carbocycles. The summed E-state index contributed by atoms with van der Waals surface area (Å²) >= 11 is 0. The Morgan fingerprint density at radius 1 is 0.771 bits per heavy atom. The van der Waals surface area contributed by atoms with Crippen LogP contribution in [-0.4, -0.2) is 29.3 Å². The molecule has 48 heavy (non-hydrogen) atoms. The van der Waals surface area contributed by atoms with Crippen molar-refractivity contribution in [3.8, 4) is 33.8 Å². The molecule has 1 aliphatic heterocycles. The number of aryl methyl sites for hydroxylation is 1. The highest BCUT2D eigenvalue weighted by atomic mass is 19.4. The molecule has 0 spiro atoms. The van der Waals surface area contributed by atoms with Crippen LogP contribution in [0.5, 0.6) is 11.5 Å². The monoisotopic (exact) mass is 683 g/mol. The summed E-state index contributed by atoms with van der Waals surface area (Å²) in [7, 11) is 1.35. The Hall–Kier alpha value is -4.88. The fraction of sp³-hybridized carbons (Fsp3) is 0.265. The van der Waals surface area contributed by atoms with Gasteiger partial charge in [0.2, 0.25) is 0 Å². The standard InChI is InChI=1S/C34H26F9NO4/c1-17-4-7-25(27-13-19(5-9-29(27)47-3)26-8-6-24(45)15-28(26)34(41,42)43)21(10-17)16-44-18(2)30(48-31(44)46)20-11-22(32(35,36)37)14-23(12-20)33(38,39)40/h4-15,18,30,45H,16H2,1-3H3/t18-,30-/m0/s1. The third-order valence-electron chi connectivity index (χ3n) is 8.04. The van der Waals surface area contributed by atoms with Gasteiger partial charge in [0.1, 0.15) is 17.6 Å². The van der Waals surface area contributed by atoms with E-state index in [1.54, 1.807) is 25.1 Å². The first kappa shape index (κ1) is 34.5. The molecule has 1 aliphatic rings. The first-order chi connectivity index (χ1) is 22.3. The van der Waals surface area contributed by atoms with Crippen LogP contribution in [-0.2, 0) is 29.8 Å². The minimum absolute atomic E-state index is 0.0148. The van der Waals surface area contributed by atoms with E-state index in [2.05, 4.69) is 0 Å². The number of alkyl halides is 9. The average molecular weight is 684 g/mol. The summed E-state index contributed by atoms with van der Waals surface area (Å²) in [6, 6.07) is 12.2. The molecule has 1 fully saturated rings.